The predicted molar refractivity (Wildman–Crippen MR) is 88.4 cm³/mol. The molecule has 2 rings (SSSR count). The zero-order valence-electron chi connectivity index (χ0n) is 13.8. The van der Waals surface area contributed by atoms with Crippen LogP contribution >= 0.6 is 0 Å². The maximum Gasteiger partial charge on any atom is 0.0368 e. The average molecular weight is 274 g/mol. The number of benzene rings is 1. The van der Waals surface area contributed by atoms with Crippen molar-refractivity contribution in [3.8, 4) is 0 Å². The molecule has 20 heavy (non-hydrogen) atoms. The minimum absolute atomic E-state index is 0.546. The van der Waals surface area contributed by atoms with Gasteiger partial charge < -0.3 is 10.2 Å². The van der Waals surface area contributed by atoms with Crippen molar-refractivity contribution < 1.29 is 0 Å². The van der Waals surface area contributed by atoms with Crippen molar-refractivity contribution in [1.29, 1.82) is 0 Å². The summed E-state index contributed by atoms with van der Waals surface area (Å²) in [6.45, 7) is 7.97. The van der Waals surface area contributed by atoms with Gasteiger partial charge in [-0.15, -0.1) is 0 Å². The van der Waals surface area contributed by atoms with Crippen molar-refractivity contribution in [1.82, 2.24) is 5.32 Å². The van der Waals surface area contributed by atoms with Crippen LogP contribution in [-0.2, 0) is 6.54 Å². The van der Waals surface area contributed by atoms with Crippen molar-refractivity contribution in [2.45, 2.75) is 59.0 Å². The molecular formula is C18H30N2. The van der Waals surface area contributed by atoms with Crippen LogP contribution in [0.5, 0.6) is 0 Å². The minimum Gasteiger partial charge on any atom is -0.372 e. The Morgan fingerprint density at radius 2 is 1.90 bits per heavy atom. The normalized spacial score (nSPS) is 19.1. The highest BCUT2D eigenvalue weighted by atomic mass is 15.1. The summed E-state index contributed by atoms with van der Waals surface area (Å²) < 4.78 is 0. The molecule has 1 aliphatic carbocycles. The molecule has 0 spiro atoms. The zero-order chi connectivity index (χ0) is 14.8. The SMILES string of the molecule is CNCc1ccc(N(C)C2CCC(C)(C)CC2)cc1C. The highest BCUT2D eigenvalue weighted by molar-refractivity contribution is 5.51. The van der Waals surface area contributed by atoms with Crippen LogP contribution in [0.3, 0.4) is 0 Å². The summed E-state index contributed by atoms with van der Waals surface area (Å²) in [5.41, 5.74) is 4.70. The van der Waals surface area contributed by atoms with Gasteiger partial charge in [0.2, 0.25) is 0 Å². The van der Waals surface area contributed by atoms with E-state index >= 15 is 0 Å². The number of rotatable bonds is 4. The summed E-state index contributed by atoms with van der Waals surface area (Å²) in [5, 5.41) is 3.23. The van der Waals surface area contributed by atoms with E-state index in [4.69, 9.17) is 0 Å². The monoisotopic (exact) mass is 274 g/mol. The Morgan fingerprint density at radius 3 is 2.45 bits per heavy atom. The first-order valence-electron chi connectivity index (χ1n) is 7.90. The van der Waals surface area contributed by atoms with Gasteiger partial charge in [0, 0.05) is 25.3 Å². The molecular weight excluding hydrogens is 244 g/mol. The molecule has 0 aromatic heterocycles. The van der Waals surface area contributed by atoms with Crippen LogP contribution in [0, 0.1) is 12.3 Å². The Balaban J connectivity index is 2.06. The van der Waals surface area contributed by atoms with E-state index < -0.39 is 0 Å². The van der Waals surface area contributed by atoms with E-state index in [0.717, 1.165) is 6.54 Å². The van der Waals surface area contributed by atoms with Crippen LogP contribution in [0.4, 0.5) is 5.69 Å². The van der Waals surface area contributed by atoms with Crippen LogP contribution in [0.2, 0.25) is 0 Å². The molecule has 2 nitrogen and oxygen atoms in total. The lowest BCUT2D eigenvalue weighted by molar-refractivity contribution is 0.222. The molecule has 1 aromatic rings. The summed E-state index contributed by atoms with van der Waals surface area (Å²) in [7, 11) is 4.26. The fourth-order valence-electron chi connectivity index (χ4n) is 3.27. The van der Waals surface area contributed by atoms with E-state index in [0.29, 0.717) is 11.5 Å². The molecule has 1 aliphatic rings. The van der Waals surface area contributed by atoms with E-state index in [9.17, 15) is 0 Å². The molecule has 0 atom stereocenters. The van der Waals surface area contributed by atoms with Gasteiger partial charge in [-0.1, -0.05) is 19.9 Å². The van der Waals surface area contributed by atoms with Crippen molar-refractivity contribution in [2.75, 3.05) is 19.0 Å². The highest BCUT2D eigenvalue weighted by Gasteiger charge is 2.28. The van der Waals surface area contributed by atoms with Gasteiger partial charge in [-0.25, -0.2) is 0 Å². The van der Waals surface area contributed by atoms with Crippen molar-refractivity contribution in [2.24, 2.45) is 5.41 Å². The third kappa shape index (κ3) is 3.54. The molecule has 0 heterocycles. The second kappa shape index (κ2) is 6.17. The summed E-state index contributed by atoms with van der Waals surface area (Å²) in [6.07, 6.45) is 5.33. The Morgan fingerprint density at radius 1 is 1.25 bits per heavy atom. The van der Waals surface area contributed by atoms with E-state index in [1.54, 1.807) is 0 Å². The van der Waals surface area contributed by atoms with Crippen LogP contribution in [0.1, 0.15) is 50.7 Å². The molecule has 1 fully saturated rings. The summed E-state index contributed by atoms with van der Waals surface area (Å²) >= 11 is 0. The van der Waals surface area contributed by atoms with E-state index in [1.807, 2.05) is 7.05 Å². The van der Waals surface area contributed by atoms with Crippen LogP contribution in [-0.4, -0.2) is 20.1 Å². The summed E-state index contributed by atoms with van der Waals surface area (Å²) in [6, 6.07) is 7.59. The summed E-state index contributed by atoms with van der Waals surface area (Å²) in [4.78, 5) is 2.49. The van der Waals surface area contributed by atoms with Gasteiger partial charge in [0.15, 0.2) is 0 Å². The standard InChI is InChI=1S/C18H30N2/c1-14-12-17(7-6-15(14)13-19-4)20(5)16-8-10-18(2,3)11-9-16/h6-7,12,16,19H,8-11,13H2,1-5H3. The number of hydrogen-bond donors (Lipinski definition) is 1. The lowest BCUT2D eigenvalue weighted by Crippen LogP contribution is -2.37. The number of aryl methyl sites for hydroxylation is 1. The first kappa shape index (κ1) is 15.4. The molecule has 0 saturated heterocycles. The third-order valence-electron chi connectivity index (χ3n) is 4.96. The number of nitrogens with zero attached hydrogens (tertiary/aromatic N) is 1. The van der Waals surface area contributed by atoms with Gasteiger partial charge in [0.1, 0.15) is 0 Å². The molecule has 112 valence electrons. The number of hydrogen-bond acceptors (Lipinski definition) is 2. The molecule has 1 N–H and O–H groups in total. The van der Waals surface area contributed by atoms with Gasteiger partial charge in [-0.05, 0) is 68.3 Å². The topological polar surface area (TPSA) is 15.3 Å². The van der Waals surface area contributed by atoms with Crippen LogP contribution in [0.15, 0.2) is 18.2 Å². The predicted octanol–water partition coefficient (Wildman–Crippen LogP) is 4.12. The maximum absolute atomic E-state index is 3.23. The van der Waals surface area contributed by atoms with Crippen LogP contribution in [0.25, 0.3) is 0 Å². The highest BCUT2D eigenvalue weighted by Crippen LogP contribution is 2.37. The third-order valence-corrected chi connectivity index (χ3v) is 4.96. The van der Waals surface area contributed by atoms with Gasteiger partial charge in [0.05, 0.1) is 0 Å². The maximum atomic E-state index is 3.23. The molecule has 1 saturated carbocycles. The quantitative estimate of drug-likeness (QED) is 0.888. The number of nitrogens with one attached hydrogen (secondary N) is 1. The summed E-state index contributed by atoms with van der Waals surface area (Å²) in [5.74, 6) is 0. The second-order valence-electron chi connectivity index (χ2n) is 7.15. The molecule has 0 aliphatic heterocycles. The Kier molecular flexibility index (Phi) is 4.74. The van der Waals surface area contributed by atoms with E-state index in [-0.39, 0.29) is 0 Å². The van der Waals surface area contributed by atoms with Gasteiger partial charge in [-0.2, -0.15) is 0 Å². The largest absolute Gasteiger partial charge is 0.372 e. The Labute approximate surface area is 124 Å². The molecule has 0 unspecified atom stereocenters. The second-order valence-corrected chi connectivity index (χ2v) is 7.15. The van der Waals surface area contributed by atoms with E-state index in [2.05, 4.69) is 56.2 Å². The lowest BCUT2D eigenvalue weighted by atomic mass is 9.75. The first-order chi connectivity index (χ1) is 9.43. The van der Waals surface area contributed by atoms with Gasteiger partial charge in [-0.3, -0.25) is 0 Å². The first-order valence-corrected chi connectivity index (χ1v) is 7.90. The van der Waals surface area contributed by atoms with Crippen molar-refractivity contribution in [3.63, 3.8) is 0 Å². The fourth-order valence-corrected chi connectivity index (χ4v) is 3.27. The van der Waals surface area contributed by atoms with Crippen molar-refractivity contribution in [3.05, 3.63) is 29.3 Å². The molecule has 0 bridgehead atoms. The van der Waals surface area contributed by atoms with Crippen molar-refractivity contribution >= 4 is 5.69 Å². The average Bonchev–Trinajstić information content (AvgIpc) is 2.40. The Hall–Kier alpha value is -1.02. The fraction of sp³-hybridized carbons (Fsp3) is 0.667. The molecule has 0 amide bonds. The Bertz CT molecular complexity index is 441. The van der Waals surface area contributed by atoms with Gasteiger partial charge in [0.25, 0.3) is 0 Å². The molecule has 2 heteroatoms. The smallest absolute Gasteiger partial charge is 0.0368 e. The van der Waals surface area contributed by atoms with Crippen LogP contribution < -0.4 is 10.2 Å². The number of anilines is 1. The minimum atomic E-state index is 0.546. The van der Waals surface area contributed by atoms with Gasteiger partial charge >= 0.3 is 0 Å². The molecule has 1 aromatic carbocycles. The zero-order valence-corrected chi connectivity index (χ0v) is 13.8. The lowest BCUT2D eigenvalue weighted by Gasteiger charge is -2.39. The van der Waals surface area contributed by atoms with E-state index in [1.165, 1.54) is 42.5 Å². The molecule has 0 radical (unpaired) electrons.